The number of rotatable bonds is 12. The van der Waals surface area contributed by atoms with Gasteiger partial charge in [-0.3, -0.25) is 13.9 Å². The second kappa shape index (κ2) is 15.3. The highest BCUT2D eigenvalue weighted by Gasteiger charge is 2.34. The smallest absolute Gasteiger partial charge is 0.244 e. The molecule has 3 aromatic carbocycles. The molecule has 2 amide bonds. The zero-order chi connectivity index (χ0) is 31.9. The minimum atomic E-state index is -3.95. The van der Waals surface area contributed by atoms with E-state index in [-0.39, 0.29) is 35.6 Å². The molecule has 12 heteroatoms. The molecule has 1 aliphatic rings. The number of hydrogen-bond acceptors (Lipinski definition) is 5. The fourth-order valence-electron chi connectivity index (χ4n) is 5.36. The summed E-state index contributed by atoms with van der Waals surface area (Å²) in [7, 11) is -2.50. The summed E-state index contributed by atoms with van der Waals surface area (Å²) in [6.45, 7) is -0.572. The van der Waals surface area contributed by atoms with E-state index >= 15 is 0 Å². The van der Waals surface area contributed by atoms with Crippen LogP contribution in [0.4, 0.5) is 5.69 Å². The number of benzene rings is 3. The van der Waals surface area contributed by atoms with Crippen LogP contribution in [-0.2, 0) is 32.6 Å². The molecule has 1 fully saturated rings. The predicted octanol–water partition coefficient (Wildman–Crippen LogP) is 6.51. The molecule has 0 bridgehead atoms. The Morgan fingerprint density at radius 3 is 2.23 bits per heavy atom. The number of sulfonamides is 1. The maximum Gasteiger partial charge on any atom is 0.244 e. The van der Waals surface area contributed by atoms with Gasteiger partial charge in [-0.15, -0.1) is 0 Å². The van der Waals surface area contributed by atoms with Gasteiger partial charge in [-0.05, 0) is 54.3 Å². The summed E-state index contributed by atoms with van der Waals surface area (Å²) in [5.41, 5.74) is 1.67. The van der Waals surface area contributed by atoms with Crippen molar-refractivity contribution in [1.82, 2.24) is 10.2 Å². The lowest BCUT2D eigenvalue weighted by Gasteiger charge is -2.35. The predicted molar refractivity (Wildman–Crippen MR) is 176 cm³/mol. The summed E-state index contributed by atoms with van der Waals surface area (Å²) >= 11 is 18.8. The topological polar surface area (TPSA) is 96.0 Å². The molecule has 44 heavy (non-hydrogen) atoms. The first-order chi connectivity index (χ1) is 21.0. The zero-order valence-electron chi connectivity index (χ0n) is 24.6. The van der Waals surface area contributed by atoms with Gasteiger partial charge in [0.2, 0.25) is 21.8 Å². The van der Waals surface area contributed by atoms with Crippen molar-refractivity contribution in [3.8, 4) is 5.75 Å². The van der Waals surface area contributed by atoms with Crippen molar-refractivity contribution in [3.05, 3.63) is 92.9 Å². The minimum absolute atomic E-state index is 0.00501. The number of hydrogen-bond donors (Lipinski definition) is 1. The van der Waals surface area contributed by atoms with Crippen molar-refractivity contribution in [2.75, 3.05) is 24.2 Å². The van der Waals surface area contributed by atoms with Crippen LogP contribution in [-0.4, -0.2) is 57.1 Å². The lowest BCUT2D eigenvalue weighted by Crippen LogP contribution is -2.55. The molecule has 0 aliphatic heterocycles. The van der Waals surface area contributed by atoms with Crippen LogP contribution < -0.4 is 14.4 Å². The lowest BCUT2D eigenvalue weighted by molar-refractivity contribution is -0.140. The first-order valence-corrected chi connectivity index (χ1v) is 17.3. The van der Waals surface area contributed by atoms with Gasteiger partial charge in [0, 0.05) is 19.0 Å². The number of halogens is 3. The maximum absolute atomic E-state index is 14.3. The normalized spacial score (nSPS) is 14.5. The van der Waals surface area contributed by atoms with E-state index in [9.17, 15) is 18.0 Å². The van der Waals surface area contributed by atoms with Crippen LogP contribution in [0, 0.1) is 0 Å². The van der Waals surface area contributed by atoms with Crippen LogP contribution >= 0.6 is 34.8 Å². The molecule has 1 N–H and O–H groups in total. The van der Waals surface area contributed by atoms with Gasteiger partial charge in [0.05, 0.1) is 34.1 Å². The number of ether oxygens (including phenoxy) is 1. The van der Waals surface area contributed by atoms with Crippen molar-refractivity contribution in [3.63, 3.8) is 0 Å². The van der Waals surface area contributed by atoms with Crippen LogP contribution in [0.25, 0.3) is 0 Å². The Morgan fingerprint density at radius 2 is 1.61 bits per heavy atom. The largest absolute Gasteiger partial charge is 0.495 e. The van der Waals surface area contributed by atoms with Gasteiger partial charge < -0.3 is 15.0 Å². The molecule has 0 saturated heterocycles. The van der Waals surface area contributed by atoms with Crippen LogP contribution in [0.5, 0.6) is 5.75 Å². The second-order valence-electron chi connectivity index (χ2n) is 10.9. The van der Waals surface area contributed by atoms with Gasteiger partial charge in [-0.1, -0.05) is 90.5 Å². The minimum Gasteiger partial charge on any atom is -0.495 e. The van der Waals surface area contributed by atoms with Crippen LogP contribution in [0.3, 0.4) is 0 Å². The van der Waals surface area contributed by atoms with E-state index in [1.807, 2.05) is 30.3 Å². The van der Waals surface area contributed by atoms with Crippen molar-refractivity contribution in [2.45, 2.75) is 57.2 Å². The molecule has 1 saturated carbocycles. The SMILES string of the molecule is COc1ccc(N(CC(=O)N(Cc2ccc(Cl)c(Cl)c2)[C@@H](Cc2ccccc2)C(=O)NC2CCCCC2)S(C)(=O)=O)cc1Cl. The first kappa shape index (κ1) is 33.9. The molecule has 1 atom stereocenters. The van der Waals surface area contributed by atoms with Gasteiger partial charge >= 0.3 is 0 Å². The zero-order valence-corrected chi connectivity index (χ0v) is 27.7. The molecule has 0 aromatic heterocycles. The molecular weight excluding hydrogens is 645 g/mol. The van der Waals surface area contributed by atoms with E-state index in [1.54, 1.807) is 18.2 Å². The van der Waals surface area contributed by atoms with Crippen LogP contribution in [0.1, 0.15) is 43.2 Å². The number of carbonyl (C=O) groups is 2. The average molecular weight is 681 g/mol. The number of amides is 2. The standard InChI is InChI=1S/C32H36Cl3N3O5S/c1-43-30-16-14-25(19-28(30)35)38(44(2,41)42)21-31(39)37(20-23-13-15-26(33)27(34)17-23)29(18-22-9-5-3-6-10-22)32(40)36-24-11-7-4-8-12-24/h3,5-6,9-10,13-17,19,24,29H,4,7-8,11-12,18,20-21H2,1-2H3,(H,36,40)/t29-/m0/s1. The number of nitrogens with zero attached hydrogens (tertiary/aromatic N) is 2. The molecule has 0 spiro atoms. The van der Waals surface area contributed by atoms with Gasteiger partial charge in [0.1, 0.15) is 18.3 Å². The Kier molecular flexibility index (Phi) is 11.8. The summed E-state index contributed by atoms with van der Waals surface area (Å²) in [5, 5.41) is 4.01. The van der Waals surface area contributed by atoms with Crippen molar-refractivity contribution in [2.24, 2.45) is 0 Å². The molecule has 4 rings (SSSR count). The monoisotopic (exact) mass is 679 g/mol. The van der Waals surface area contributed by atoms with Crippen LogP contribution in [0.15, 0.2) is 66.7 Å². The molecule has 0 heterocycles. The summed E-state index contributed by atoms with van der Waals surface area (Å²) < 4.78 is 32.2. The number of carbonyl (C=O) groups excluding carboxylic acids is 2. The first-order valence-electron chi connectivity index (χ1n) is 14.3. The van der Waals surface area contributed by atoms with Crippen molar-refractivity contribution < 1.29 is 22.7 Å². The van der Waals surface area contributed by atoms with Gasteiger partial charge in [0.25, 0.3) is 0 Å². The third kappa shape index (κ3) is 9.03. The third-order valence-corrected chi connectivity index (χ3v) is 9.84. The number of anilines is 1. The van der Waals surface area contributed by atoms with E-state index in [1.165, 1.54) is 30.2 Å². The Morgan fingerprint density at radius 1 is 0.909 bits per heavy atom. The Bertz CT molecular complexity index is 1570. The molecule has 0 radical (unpaired) electrons. The highest BCUT2D eigenvalue weighted by atomic mass is 35.5. The summed E-state index contributed by atoms with van der Waals surface area (Å²) in [4.78, 5) is 29.7. The van der Waals surface area contributed by atoms with E-state index < -0.39 is 28.5 Å². The van der Waals surface area contributed by atoms with Gasteiger partial charge in [-0.2, -0.15) is 0 Å². The van der Waals surface area contributed by atoms with E-state index in [0.29, 0.717) is 21.4 Å². The highest BCUT2D eigenvalue weighted by Crippen LogP contribution is 2.31. The fraction of sp³-hybridized carbons (Fsp3) is 0.375. The van der Waals surface area contributed by atoms with E-state index in [4.69, 9.17) is 39.5 Å². The maximum atomic E-state index is 14.3. The molecule has 8 nitrogen and oxygen atoms in total. The second-order valence-corrected chi connectivity index (χ2v) is 14.0. The Hall–Kier alpha value is -2.98. The van der Waals surface area contributed by atoms with Crippen molar-refractivity contribution in [1.29, 1.82) is 0 Å². The quantitative estimate of drug-likeness (QED) is 0.235. The molecule has 236 valence electrons. The summed E-state index contributed by atoms with van der Waals surface area (Å²) in [6.07, 6.45) is 6.13. The molecule has 1 aliphatic carbocycles. The van der Waals surface area contributed by atoms with Gasteiger partial charge in [0.15, 0.2) is 0 Å². The van der Waals surface area contributed by atoms with Crippen molar-refractivity contribution >= 4 is 62.3 Å². The highest BCUT2D eigenvalue weighted by molar-refractivity contribution is 7.92. The van der Waals surface area contributed by atoms with Crippen LogP contribution in [0.2, 0.25) is 15.1 Å². The van der Waals surface area contributed by atoms with E-state index in [0.717, 1.165) is 48.2 Å². The summed E-state index contributed by atoms with van der Waals surface area (Å²) in [6, 6.07) is 17.9. The molecule has 0 unspecified atom stereocenters. The fourth-order valence-corrected chi connectivity index (χ4v) is 6.77. The molecular formula is C32H36Cl3N3O5S. The third-order valence-electron chi connectivity index (χ3n) is 7.66. The average Bonchev–Trinajstić information content (AvgIpc) is 2.99. The number of nitrogens with one attached hydrogen (secondary N) is 1. The summed E-state index contributed by atoms with van der Waals surface area (Å²) in [5.74, 6) is -0.514. The lowest BCUT2D eigenvalue weighted by atomic mass is 9.94. The van der Waals surface area contributed by atoms with E-state index in [2.05, 4.69) is 5.32 Å². The molecule has 3 aromatic rings. The Labute approximate surface area is 274 Å². The number of methoxy groups -OCH3 is 1. The van der Waals surface area contributed by atoms with Gasteiger partial charge in [-0.25, -0.2) is 8.42 Å². The Balaban J connectivity index is 1.74.